The number of rotatable bonds is 7. The number of aryl methyl sites for hydroxylation is 2. The van der Waals surface area contributed by atoms with Crippen LogP contribution in [0.1, 0.15) is 55.2 Å². The van der Waals surface area contributed by atoms with E-state index in [1.807, 2.05) is 11.9 Å². The zero-order valence-corrected chi connectivity index (χ0v) is 16.1. The Kier molecular flexibility index (Phi) is 5.84. The van der Waals surface area contributed by atoms with Gasteiger partial charge in [0, 0.05) is 19.6 Å². The van der Waals surface area contributed by atoms with Gasteiger partial charge in [0.25, 0.3) is 0 Å². The molecule has 2 aliphatic carbocycles. The fourth-order valence-electron chi connectivity index (χ4n) is 4.05. The number of nitrogens with zero attached hydrogens (tertiary/aromatic N) is 1. The Morgan fingerprint density at radius 3 is 2.58 bits per heavy atom. The SMILES string of the molecule is CCC[C@H](CNC(=O)OC)C(=O)N(C)C1CC(c2ccc3c(c2)CC3)C1. The van der Waals surface area contributed by atoms with E-state index in [9.17, 15) is 9.59 Å². The number of carbonyl (C=O) groups excluding carboxylic acids is 2. The summed E-state index contributed by atoms with van der Waals surface area (Å²) < 4.78 is 4.61. The first-order valence-electron chi connectivity index (χ1n) is 9.73. The minimum atomic E-state index is -0.481. The third-order valence-electron chi connectivity index (χ3n) is 6.04. The van der Waals surface area contributed by atoms with Gasteiger partial charge in [0.05, 0.1) is 13.0 Å². The molecule has 1 fully saturated rings. The molecule has 0 unspecified atom stereocenters. The molecule has 0 aromatic heterocycles. The number of methoxy groups -OCH3 is 1. The highest BCUT2D eigenvalue weighted by Gasteiger charge is 2.37. The molecule has 1 aromatic carbocycles. The summed E-state index contributed by atoms with van der Waals surface area (Å²) in [4.78, 5) is 26.1. The van der Waals surface area contributed by atoms with Crippen LogP contribution in [-0.4, -0.2) is 43.6 Å². The summed E-state index contributed by atoms with van der Waals surface area (Å²) in [5.74, 6) is 0.516. The van der Waals surface area contributed by atoms with Crippen molar-refractivity contribution in [1.82, 2.24) is 10.2 Å². The van der Waals surface area contributed by atoms with Crippen LogP contribution in [0.5, 0.6) is 0 Å². The topological polar surface area (TPSA) is 58.6 Å². The summed E-state index contributed by atoms with van der Waals surface area (Å²) in [6.07, 6.45) is 5.70. The van der Waals surface area contributed by atoms with Crippen LogP contribution in [-0.2, 0) is 22.4 Å². The van der Waals surface area contributed by atoms with E-state index >= 15 is 0 Å². The van der Waals surface area contributed by atoms with Gasteiger partial charge in [-0.05, 0) is 54.7 Å². The Morgan fingerprint density at radius 1 is 1.27 bits per heavy atom. The highest BCUT2D eigenvalue weighted by Crippen LogP contribution is 2.41. The molecule has 1 atom stereocenters. The van der Waals surface area contributed by atoms with E-state index in [0.717, 1.165) is 25.7 Å². The quantitative estimate of drug-likeness (QED) is 0.814. The van der Waals surface area contributed by atoms with Crippen molar-refractivity contribution >= 4 is 12.0 Å². The number of hydrogen-bond donors (Lipinski definition) is 1. The smallest absolute Gasteiger partial charge is 0.406 e. The van der Waals surface area contributed by atoms with Crippen LogP contribution in [0.2, 0.25) is 0 Å². The summed E-state index contributed by atoms with van der Waals surface area (Å²) >= 11 is 0. The van der Waals surface area contributed by atoms with E-state index in [1.165, 1.54) is 36.6 Å². The molecule has 2 amide bonds. The molecule has 0 radical (unpaired) electrons. The summed E-state index contributed by atoms with van der Waals surface area (Å²) in [5, 5.41) is 2.67. The second kappa shape index (κ2) is 8.11. The molecule has 2 aliphatic rings. The van der Waals surface area contributed by atoms with Gasteiger partial charge in [-0.3, -0.25) is 4.79 Å². The maximum absolute atomic E-state index is 12.9. The number of benzene rings is 1. The lowest BCUT2D eigenvalue weighted by molar-refractivity contribution is -0.138. The third-order valence-corrected chi connectivity index (χ3v) is 6.04. The number of hydrogen-bond acceptors (Lipinski definition) is 3. The van der Waals surface area contributed by atoms with Gasteiger partial charge in [-0.1, -0.05) is 31.5 Å². The highest BCUT2D eigenvalue weighted by atomic mass is 16.5. The number of alkyl carbamates (subject to hydrolysis) is 1. The van der Waals surface area contributed by atoms with Crippen molar-refractivity contribution in [2.45, 2.75) is 57.4 Å². The van der Waals surface area contributed by atoms with Gasteiger partial charge < -0.3 is 15.0 Å². The lowest BCUT2D eigenvalue weighted by Gasteiger charge is -2.43. The molecule has 0 bridgehead atoms. The number of ether oxygens (including phenoxy) is 1. The molecular weight excluding hydrogens is 328 g/mol. The average molecular weight is 358 g/mol. The first-order chi connectivity index (χ1) is 12.5. The molecule has 0 saturated heterocycles. The molecule has 0 spiro atoms. The number of nitrogens with one attached hydrogen (secondary N) is 1. The van der Waals surface area contributed by atoms with Crippen LogP contribution in [0.25, 0.3) is 0 Å². The van der Waals surface area contributed by atoms with Crippen LogP contribution < -0.4 is 5.32 Å². The van der Waals surface area contributed by atoms with E-state index in [2.05, 4.69) is 35.2 Å². The Hall–Kier alpha value is -2.04. The van der Waals surface area contributed by atoms with Crippen molar-refractivity contribution in [2.24, 2.45) is 5.92 Å². The fraction of sp³-hybridized carbons (Fsp3) is 0.619. The van der Waals surface area contributed by atoms with Crippen molar-refractivity contribution in [1.29, 1.82) is 0 Å². The first-order valence-corrected chi connectivity index (χ1v) is 9.73. The molecule has 3 rings (SSSR count). The van der Waals surface area contributed by atoms with Crippen LogP contribution in [0.3, 0.4) is 0 Å². The Morgan fingerprint density at radius 2 is 2.00 bits per heavy atom. The van der Waals surface area contributed by atoms with Crippen LogP contribution in [0.4, 0.5) is 4.79 Å². The Labute approximate surface area is 156 Å². The maximum atomic E-state index is 12.9. The number of carbonyl (C=O) groups is 2. The third kappa shape index (κ3) is 3.87. The van der Waals surface area contributed by atoms with E-state index in [1.54, 1.807) is 0 Å². The lowest BCUT2D eigenvalue weighted by Crippen LogP contribution is -2.48. The Balaban J connectivity index is 1.52. The molecule has 142 valence electrons. The van der Waals surface area contributed by atoms with E-state index in [0.29, 0.717) is 18.5 Å². The van der Waals surface area contributed by atoms with Crippen LogP contribution in [0, 0.1) is 5.92 Å². The Bertz CT molecular complexity index is 667. The molecule has 5 nitrogen and oxygen atoms in total. The van der Waals surface area contributed by atoms with Gasteiger partial charge in [-0.2, -0.15) is 0 Å². The zero-order valence-electron chi connectivity index (χ0n) is 16.1. The minimum absolute atomic E-state index is 0.129. The molecule has 1 saturated carbocycles. The summed E-state index contributed by atoms with van der Waals surface area (Å²) in [6.45, 7) is 2.40. The number of fused-ring (bicyclic) bond motifs is 1. The van der Waals surface area contributed by atoms with Gasteiger partial charge in [0.15, 0.2) is 0 Å². The van der Waals surface area contributed by atoms with E-state index in [4.69, 9.17) is 0 Å². The standard InChI is InChI=1S/C21H30N2O3/c1-4-5-17(13-22-21(25)26-3)20(24)23(2)19-11-18(12-19)16-9-7-14-6-8-15(14)10-16/h7,9-10,17-19H,4-6,8,11-13H2,1-3H3,(H,22,25)/t17-,18?,19?/m1/s1. The van der Waals surface area contributed by atoms with Gasteiger partial charge >= 0.3 is 6.09 Å². The summed E-state index contributed by atoms with van der Waals surface area (Å²) in [5.41, 5.74) is 4.43. The largest absolute Gasteiger partial charge is 0.453 e. The monoisotopic (exact) mass is 358 g/mol. The van der Waals surface area contributed by atoms with Gasteiger partial charge in [-0.25, -0.2) is 4.79 Å². The lowest BCUT2D eigenvalue weighted by atomic mass is 9.73. The highest BCUT2D eigenvalue weighted by molar-refractivity contribution is 5.80. The molecule has 1 aromatic rings. The van der Waals surface area contributed by atoms with Crippen molar-refractivity contribution in [3.8, 4) is 0 Å². The second-order valence-corrected chi connectivity index (χ2v) is 7.66. The zero-order chi connectivity index (χ0) is 18.7. The molecule has 0 aliphatic heterocycles. The average Bonchev–Trinajstić information content (AvgIpc) is 2.58. The van der Waals surface area contributed by atoms with E-state index < -0.39 is 6.09 Å². The van der Waals surface area contributed by atoms with Gasteiger partial charge in [-0.15, -0.1) is 0 Å². The normalized spacial score (nSPS) is 21.7. The minimum Gasteiger partial charge on any atom is -0.453 e. The van der Waals surface area contributed by atoms with E-state index in [-0.39, 0.29) is 11.8 Å². The summed E-state index contributed by atoms with van der Waals surface area (Å²) in [7, 11) is 3.24. The summed E-state index contributed by atoms with van der Waals surface area (Å²) in [6, 6.07) is 7.20. The molecule has 0 heterocycles. The van der Waals surface area contributed by atoms with Crippen molar-refractivity contribution in [3.05, 3.63) is 34.9 Å². The van der Waals surface area contributed by atoms with Crippen molar-refractivity contribution in [2.75, 3.05) is 20.7 Å². The maximum Gasteiger partial charge on any atom is 0.406 e. The molecule has 5 heteroatoms. The second-order valence-electron chi connectivity index (χ2n) is 7.66. The van der Waals surface area contributed by atoms with Crippen molar-refractivity contribution < 1.29 is 14.3 Å². The first kappa shape index (κ1) is 18.7. The van der Waals surface area contributed by atoms with Gasteiger partial charge in [0.1, 0.15) is 0 Å². The van der Waals surface area contributed by atoms with Crippen LogP contribution >= 0.6 is 0 Å². The molecule has 1 N–H and O–H groups in total. The predicted molar refractivity (Wildman–Crippen MR) is 101 cm³/mol. The predicted octanol–water partition coefficient (Wildman–Crippen LogP) is 3.26. The van der Waals surface area contributed by atoms with Crippen molar-refractivity contribution in [3.63, 3.8) is 0 Å². The van der Waals surface area contributed by atoms with Crippen LogP contribution in [0.15, 0.2) is 18.2 Å². The molecular formula is C21H30N2O3. The number of amides is 2. The fourth-order valence-corrected chi connectivity index (χ4v) is 4.05. The van der Waals surface area contributed by atoms with Gasteiger partial charge in [0.2, 0.25) is 5.91 Å². The molecule has 26 heavy (non-hydrogen) atoms.